The Kier molecular flexibility index (Phi) is 5.87. The third-order valence-corrected chi connectivity index (χ3v) is 3.99. The van der Waals surface area contributed by atoms with Gasteiger partial charge >= 0.3 is 5.97 Å². The van der Waals surface area contributed by atoms with E-state index in [-0.39, 0.29) is 10.8 Å². The molecule has 0 atom stereocenters. The van der Waals surface area contributed by atoms with Crippen LogP contribution in [0.4, 0.5) is 5.69 Å². The Hall–Kier alpha value is -1.33. The van der Waals surface area contributed by atoms with E-state index in [9.17, 15) is 4.79 Å². The highest BCUT2D eigenvalue weighted by molar-refractivity contribution is 7.81. The maximum absolute atomic E-state index is 11.3. The van der Waals surface area contributed by atoms with Gasteiger partial charge in [0.1, 0.15) is 4.99 Å². The summed E-state index contributed by atoms with van der Waals surface area (Å²) in [6.07, 6.45) is 0. The molecule has 0 radical (unpaired) electrons. The lowest BCUT2D eigenvalue weighted by Crippen LogP contribution is -2.15. The molecule has 1 N–H and O–H groups in total. The lowest BCUT2D eigenvalue weighted by Gasteiger charge is -2.15. The van der Waals surface area contributed by atoms with Crippen molar-refractivity contribution in [2.24, 2.45) is 0 Å². The summed E-state index contributed by atoms with van der Waals surface area (Å²) in [7, 11) is 0. The molecular weight excluding hydrogens is 377 g/mol. The van der Waals surface area contributed by atoms with E-state index >= 15 is 0 Å². The van der Waals surface area contributed by atoms with Crippen LogP contribution in [0.25, 0.3) is 0 Å². The highest BCUT2D eigenvalue weighted by Gasteiger charge is 2.17. The normalized spacial score (nSPS) is 10.3. The zero-order valence-corrected chi connectivity index (χ0v) is 15.3. The molecule has 7 heteroatoms. The molecule has 0 aliphatic rings. The summed E-state index contributed by atoms with van der Waals surface area (Å²) >= 11 is 23.5. The summed E-state index contributed by atoms with van der Waals surface area (Å²) in [6, 6.07) is 8.44. The van der Waals surface area contributed by atoms with Crippen molar-refractivity contribution in [2.75, 3.05) is 5.32 Å². The van der Waals surface area contributed by atoms with E-state index in [1.807, 2.05) is 19.1 Å². The van der Waals surface area contributed by atoms with Gasteiger partial charge in [-0.1, -0.05) is 47.0 Å². The number of ether oxygens (including phenoxy) is 1. The summed E-state index contributed by atoms with van der Waals surface area (Å²) in [6.45, 7) is 3.18. The lowest BCUT2D eigenvalue weighted by atomic mass is 10.1. The first-order valence-corrected chi connectivity index (χ1v) is 8.07. The highest BCUT2D eigenvalue weighted by atomic mass is 35.5. The Morgan fingerprint density at radius 2 is 1.83 bits per heavy atom. The van der Waals surface area contributed by atoms with E-state index in [1.54, 1.807) is 12.1 Å². The van der Waals surface area contributed by atoms with Crippen molar-refractivity contribution in [3.63, 3.8) is 0 Å². The SMILES string of the molecule is CC(=O)Oc1c(Cl)cc(Cl)cc1C(=S)Nc1ccc(Cl)cc1C. The molecule has 0 amide bonds. The molecule has 0 fully saturated rings. The fourth-order valence-electron chi connectivity index (χ4n) is 1.93. The lowest BCUT2D eigenvalue weighted by molar-refractivity contribution is -0.131. The number of esters is 1. The quantitative estimate of drug-likeness (QED) is 0.418. The first kappa shape index (κ1) is 18.0. The third-order valence-electron chi connectivity index (χ3n) is 2.94. The Balaban J connectivity index is 2.40. The number of carbonyl (C=O) groups is 1. The predicted octanol–water partition coefficient (Wildman–Crippen LogP) is 5.67. The minimum atomic E-state index is -0.499. The second kappa shape index (κ2) is 7.49. The molecule has 0 aromatic heterocycles. The van der Waals surface area contributed by atoms with Crippen molar-refractivity contribution in [3.8, 4) is 5.75 Å². The van der Waals surface area contributed by atoms with Crippen molar-refractivity contribution in [2.45, 2.75) is 13.8 Å². The maximum atomic E-state index is 11.3. The van der Waals surface area contributed by atoms with Crippen LogP contribution in [0.5, 0.6) is 5.75 Å². The van der Waals surface area contributed by atoms with Gasteiger partial charge in [-0.15, -0.1) is 0 Å². The summed E-state index contributed by atoms with van der Waals surface area (Å²) < 4.78 is 5.16. The van der Waals surface area contributed by atoms with E-state index in [1.165, 1.54) is 13.0 Å². The van der Waals surface area contributed by atoms with Gasteiger partial charge in [-0.05, 0) is 42.8 Å². The number of anilines is 1. The van der Waals surface area contributed by atoms with Crippen LogP contribution in [0.2, 0.25) is 15.1 Å². The molecule has 0 unspecified atom stereocenters. The van der Waals surface area contributed by atoms with Crippen molar-refractivity contribution in [1.29, 1.82) is 0 Å². The Morgan fingerprint density at radius 3 is 2.43 bits per heavy atom. The number of hydrogen-bond acceptors (Lipinski definition) is 3. The number of halogens is 3. The molecule has 23 heavy (non-hydrogen) atoms. The van der Waals surface area contributed by atoms with E-state index < -0.39 is 5.97 Å². The van der Waals surface area contributed by atoms with Crippen LogP contribution in [0.3, 0.4) is 0 Å². The molecule has 2 aromatic carbocycles. The number of aryl methyl sites for hydroxylation is 1. The first-order chi connectivity index (χ1) is 10.8. The number of hydrogen-bond donors (Lipinski definition) is 1. The van der Waals surface area contributed by atoms with Crippen molar-refractivity contribution in [3.05, 3.63) is 56.5 Å². The van der Waals surface area contributed by atoms with Gasteiger partial charge in [0.15, 0.2) is 5.75 Å². The Morgan fingerprint density at radius 1 is 1.13 bits per heavy atom. The Bertz CT molecular complexity index is 793. The van der Waals surface area contributed by atoms with Gasteiger partial charge in [-0.2, -0.15) is 0 Å². The van der Waals surface area contributed by atoms with Gasteiger partial charge in [0.05, 0.1) is 10.6 Å². The molecular formula is C16H12Cl3NO2S. The molecule has 120 valence electrons. The molecule has 0 saturated heterocycles. The van der Waals surface area contributed by atoms with Crippen LogP contribution < -0.4 is 10.1 Å². The zero-order valence-electron chi connectivity index (χ0n) is 12.2. The smallest absolute Gasteiger partial charge is 0.308 e. The molecule has 0 aliphatic heterocycles. The number of thiocarbonyl (C=S) groups is 1. The topological polar surface area (TPSA) is 38.3 Å². The predicted molar refractivity (Wildman–Crippen MR) is 99.3 cm³/mol. The van der Waals surface area contributed by atoms with E-state index in [0.717, 1.165) is 11.3 Å². The van der Waals surface area contributed by atoms with Crippen LogP contribution in [0, 0.1) is 6.92 Å². The molecule has 0 bridgehead atoms. The maximum Gasteiger partial charge on any atom is 0.308 e. The average Bonchev–Trinajstić information content (AvgIpc) is 2.44. The third kappa shape index (κ3) is 4.58. The van der Waals surface area contributed by atoms with E-state index in [2.05, 4.69) is 5.32 Å². The van der Waals surface area contributed by atoms with Gasteiger partial charge in [0.2, 0.25) is 0 Å². The van der Waals surface area contributed by atoms with Gasteiger partial charge in [0.25, 0.3) is 0 Å². The van der Waals surface area contributed by atoms with Gasteiger partial charge < -0.3 is 10.1 Å². The largest absolute Gasteiger partial charge is 0.424 e. The van der Waals surface area contributed by atoms with E-state index in [0.29, 0.717) is 20.6 Å². The van der Waals surface area contributed by atoms with E-state index in [4.69, 9.17) is 51.8 Å². The monoisotopic (exact) mass is 387 g/mol. The molecule has 0 aliphatic carbocycles. The van der Waals surface area contributed by atoms with Gasteiger partial charge in [-0.25, -0.2) is 0 Å². The summed E-state index contributed by atoms with van der Waals surface area (Å²) in [5.74, 6) is -0.325. The number of nitrogens with one attached hydrogen (secondary N) is 1. The van der Waals surface area contributed by atoms with Crippen LogP contribution in [-0.4, -0.2) is 11.0 Å². The molecule has 2 aromatic rings. The second-order valence-electron chi connectivity index (χ2n) is 4.77. The van der Waals surface area contributed by atoms with Crippen LogP contribution in [0.1, 0.15) is 18.1 Å². The Labute approximate surface area is 154 Å². The molecule has 3 nitrogen and oxygen atoms in total. The second-order valence-corrected chi connectivity index (χ2v) is 6.46. The molecule has 0 saturated carbocycles. The number of rotatable bonds is 3. The highest BCUT2D eigenvalue weighted by Crippen LogP contribution is 2.33. The minimum Gasteiger partial charge on any atom is -0.424 e. The minimum absolute atomic E-state index is 0.174. The fourth-order valence-corrected chi connectivity index (χ4v) is 2.95. The molecule has 0 heterocycles. The summed E-state index contributed by atoms with van der Waals surface area (Å²) in [5, 5.41) is 4.31. The first-order valence-electron chi connectivity index (χ1n) is 6.53. The molecule has 2 rings (SSSR count). The number of carbonyl (C=O) groups excluding carboxylic acids is 1. The average molecular weight is 389 g/mol. The standard InChI is InChI=1S/C16H12Cl3NO2S/c1-8-5-10(17)3-4-14(8)20-16(23)12-6-11(18)7-13(19)15(12)22-9(2)21/h3-7H,1-2H3,(H,20,23). The number of benzene rings is 2. The van der Waals surface area contributed by atoms with Crippen LogP contribution in [-0.2, 0) is 4.79 Å². The van der Waals surface area contributed by atoms with Gasteiger partial charge in [-0.3, -0.25) is 4.79 Å². The van der Waals surface area contributed by atoms with Crippen LogP contribution in [0.15, 0.2) is 30.3 Å². The van der Waals surface area contributed by atoms with Crippen LogP contribution >= 0.6 is 47.0 Å². The summed E-state index contributed by atoms with van der Waals surface area (Å²) in [5.41, 5.74) is 2.13. The zero-order chi connectivity index (χ0) is 17.1. The van der Waals surface area contributed by atoms with Gasteiger partial charge in [0, 0.05) is 22.7 Å². The van der Waals surface area contributed by atoms with Crippen molar-refractivity contribution < 1.29 is 9.53 Å². The fraction of sp³-hybridized carbons (Fsp3) is 0.125. The van der Waals surface area contributed by atoms with Crippen molar-refractivity contribution >= 4 is 63.7 Å². The molecule has 0 spiro atoms. The van der Waals surface area contributed by atoms with Crippen molar-refractivity contribution in [1.82, 2.24) is 0 Å². The summed E-state index contributed by atoms with van der Waals surface area (Å²) in [4.78, 5) is 11.6.